The van der Waals surface area contributed by atoms with E-state index in [2.05, 4.69) is 15.4 Å². The molecule has 0 aliphatic rings. The van der Waals surface area contributed by atoms with Gasteiger partial charge in [-0.25, -0.2) is 13.2 Å². The maximum absolute atomic E-state index is 14.1. The molecule has 2 aromatic heterocycles. The third kappa shape index (κ3) is 6.70. The van der Waals surface area contributed by atoms with Crippen LogP contribution in [0.5, 0.6) is 0 Å². The number of alkyl halides is 3. The Hall–Kier alpha value is -5.19. The van der Waals surface area contributed by atoms with Crippen LogP contribution in [0.25, 0.3) is 11.1 Å². The van der Waals surface area contributed by atoms with Crippen LogP contribution in [0.2, 0.25) is 0 Å². The van der Waals surface area contributed by atoms with E-state index in [1.807, 2.05) is 0 Å². The Morgan fingerprint density at radius 3 is 2.39 bits per heavy atom. The van der Waals surface area contributed by atoms with Crippen LogP contribution >= 0.6 is 0 Å². The van der Waals surface area contributed by atoms with Gasteiger partial charge in [-0.1, -0.05) is 12.1 Å². The second-order valence-corrected chi connectivity index (χ2v) is 8.80. The number of rotatable bonds is 8. The van der Waals surface area contributed by atoms with E-state index in [0.29, 0.717) is 16.3 Å². The van der Waals surface area contributed by atoms with Gasteiger partial charge in [-0.15, -0.1) is 0 Å². The molecule has 0 bridgehead atoms. The largest absolute Gasteiger partial charge is 0.436 e. The van der Waals surface area contributed by atoms with Crippen LogP contribution in [0.3, 0.4) is 0 Å². The molecule has 8 nitrogen and oxygen atoms in total. The van der Waals surface area contributed by atoms with Crippen LogP contribution in [0.4, 0.5) is 26.3 Å². The van der Waals surface area contributed by atoms with Crippen molar-refractivity contribution in [3.63, 3.8) is 0 Å². The summed E-state index contributed by atoms with van der Waals surface area (Å²) < 4.78 is 82.2. The van der Waals surface area contributed by atoms with E-state index in [4.69, 9.17) is 11.0 Å². The van der Waals surface area contributed by atoms with Crippen LogP contribution in [0.1, 0.15) is 38.9 Å². The molecule has 0 aliphatic carbocycles. The van der Waals surface area contributed by atoms with Crippen molar-refractivity contribution >= 4 is 11.8 Å². The molecule has 41 heavy (non-hydrogen) atoms. The first-order valence-corrected chi connectivity index (χ1v) is 11.7. The number of carbonyl (C=O) groups is 2. The number of carbonyl (C=O) groups excluding carboxylic acids is 2. The summed E-state index contributed by atoms with van der Waals surface area (Å²) in [5, 5.41) is 14.9. The highest BCUT2D eigenvalue weighted by Crippen LogP contribution is 2.32. The van der Waals surface area contributed by atoms with Gasteiger partial charge in [0.25, 0.3) is 5.91 Å². The van der Waals surface area contributed by atoms with E-state index in [9.17, 15) is 35.9 Å². The first-order valence-electron chi connectivity index (χ1n) is 11.7. The van der Waals surface area contributed by atoms with Gasteiger partial charge in [0.05, 0.1) is 17.3 Å². The normalized spacial score (nSPS) is 12.0. The summed E-state index contributed by atoms with van der Waals surface area (Å²) >= 11 is 0. The lowest BCUT2D eigenvalue weighted by Crippen LogP contribution is -2.34. The summed E-state index contributed by atoms with van der Waals surface area (Å²) in [4.78, 5) is 29.0. The highest BCUT2D eigenvalue weighted by Gasteiger charge is 2.37. The molecule has 2 amide bonds. The van der Waals surface area contributed by atoms with Crippen LogP contribution in [0.15, 0.2) is 60.9 Å². The summed E-state index contributed by atoms with van der Waals surface area (Å²) in [7, 11) is 0. The maximum Gasteiger partial charge on any atom is 0.436 e. The van der Waals surface area contributed by atoms with E-state index in [0.717, 1.165) is 24.4 Å². The first kappa shape index (κ1) is 28.8. The van der Waals surface area contributed by atoms with Crippen LogP contribution in [0, 0.1) is 28.8 Å². The van der Waals surface area contributed by atoms with Gasteiger partial charge in [0, 0.05) is 24.0 Å². The summed E-state index contributed by atoms with van der Waals surface area (Å²) in [6, 6.07) is 9.49. The number of nitrogens with one attached hydrogen (secondary N) is 1. The van der Waals surface area contributed by atoms with Gasteiger partial charge in [-0.05, 0) is 47.9 Å². The number of amides is 2. The van der Waals surface area contributed by atoms with Crippen molar-refractivity contribution in [3.8, 4) is 17.2 Å². The van der Waals surface area contributed by atoms with E-state index in [1.165, 1.54) is 36.5 Å². The molecule has 4 aromatic rings. The minimum absolute atomic E-state index is 0.103. The molecule has 2 aromatic carbocycles. The van der Waals surface area contributed by atoms with Gasteiger partial charge < -0.3 is 11.1 Å². The molecule has 210 valence electrons. The van der Waals surface area contributed by atoms with Crippen molar-refractivity contribution in [1.82, 2.24) is 20.1 Å². The van der Waals surface area contributed by atoms with Crippen molar-refractivity contribution in [3.05, 3.63) is 106 Å². The van der Waals surface area contributed by atoms with Gasteiger partial charge in [0.2, 0.25) is 5.91 Å². The Labute approximate surface area is 228 Å². The van der Waals surface area contributed by atoms with Crippen molar-refractivity contribution in [2.75, 3.05) is 0 Å². The molecular formula is C27H18F6N6O2. The minimum atomic E-state index is -4.93. The predicted octanol–water partition coefficient (Wildman–Crippen LogP) is 4.45. The SMILES string of the molecule is N#Cc1cn(CC(=O)NC(Cc2cc(F)cc(F)c2)c2ncccc2-c2ccc(F)c(C(N)=O)c2)nc1C(F)(F)F. The number of pyridine rings is 1. The zero-order valence-electron chi connectivity index (χ0n) is 20.7. The number of halogens is 6. The zero-order valence-corrected chi connectivity index (χ0v) is 20.7. The van der Waals surface area contributed by atoms with Crippen LogP contribution in [-0.2, 0) is 23.9 Å². The monoisotopic (exact) mass is 572 g/mol. The van der Waals surface area contributed by atoms with Gasteiger partial charge in [0.15, 0.2) is 5.69 Å². The maximum atomic E-state index is 14.1. The molecule has 1 atom stereocenters. The topological polar surface area (TPSA) is 127 Å². The standard InChI is InChI=1S/C27H18F6N6O2/c28-17-6-14(7-18(29)10-17)8-22(37-23(40)13-39-12-16(11-34)25(38-39)27(31,32)33)24-19(2-1-5-36-24)15-3-4-21(30)20(9-15)26(35)41/h1-7,9-10,12,22H,8,13H2,(H2,35,41)(H,37,40). The Morgan fingerprint density at radius 1 is 1.07 bits per heavy atom. The molecule has 0 radical (unpaired) electrons. The Bertz CT molecular complexity index is 1660. The van der Waals surface area contributed by atoms with Crippen molar-refractivity contribution in [1.29, 1.82) is 5.26 Å². The molecule has 1 unspecified atom stereocenters. The number of primary amides is 1. The second-order valence-electron chi connectivity index (χ2n) is 8.80. The summed E-state index contributed by atoms with van der Waals surface area (Å²) in [6.45, 7) is -0.747. The van der Waals surface area contributed by atoms with Gasteiger partial charge in [0.1, 0.15) is 35.6 Å². The minimum Gasteiger partial charge on any atom is -0.366 e. The summed E-state index contributed by atoms with van der Waals surface area (Å²) in [6.07, 6.45) is -3.05. The van der Waals surface area contributed by atoms with Crippen LogP contribution in [-0.4, -0.2) is 26.6 Å². The third-order valence-corrected chi connectivity index (χ3v) is 5.87. The van der Waals surface area contributed by atoms with Crippen molar-refractivity contribution in [2.45, 2.75) is 25.2 Å². The average Bonchev–Trinajstić information content (AvgIpc) is 3.31. The third-order valence-electron chi connectivity index (χ3n) is 5.87. The molecule has 0 saturated heterocycles. The fourth-order valence-corrected chi connectivity index (χ4v) is 4.18. The average molecular weight is 572 g/mol. The van der Waals surface area contributed by atoms with E-state index in [-0.39, 0.29) is 23.2 Å². The van der Waals surface area contributed by atoms with Gasteiger partial charge in [-0.3, -0.25) is 19.3 Å². The lowest BCUT2D eigenvalue weighted by molar-refractivity contribution is -0.142. The number of aromatic nitrogens is 3. The molecule has 0 saturated carbocycles. The molecule has 0 spiro atoms. The number of nitrogens with two attached hydrogens (primary N) is 1. The molecule has 14 heteroatoms. The summed E-state index contributed by atoms with van der Waals surface area (Å²) in [5.41, 5.74) is 3.38. The Morgan fingerprint density at radius 2 is 1.78 bits per heavy atom. The van der Waals surface area contributed by atoms with Crippen molar-refractivity contribution < 1.29 is 35.9 Å². The highest BCUT2D eigenvalue weighted by molar-refractivity contribution is 5.94. The number of nitriles is 1. The lowest BCUT2D eigenvalue weighted by Gasteiger charge is -2.22. The fourth-order valence-electron chi connectivity index (χ4n) is 4.18. The van der Waals surface area contributed by atoms with Crippen LogP contribution < -0.4 is 11.1 Å². The molecular weight excluding hydrogens is 554 g/mol. The number of nitrogens with zero attached hydrogens (tertiary/aromatic N) is 4. The van der Waals surface area contributed by atoms with E-state index in [1.54, 1.807) is 0 Å². The number of hydrogen-bond donors (Lipinski definition) is 2. The molecule has 4 rings (SSSR count). The fraction of sp³-hybridized carbons (Fsp3) is 0.148. The highest BCUT2D eigenvalue weighted by atomic mass is 19.4. The smallest absolute Gasteiger partial charge is 0.366 e. The predicted molar refractivity (Wildman–Crippen MR) is 131 cm³/mol. The second kappa shape index (κ2) is 11.5. The Kier molecular flexibility index (Phi) is 8.08. The van der Waals surface area contributed by atoms with E-state index >= 15 is 0 Å². The Balaban J connectivity index is 1.73. The zero-order chi connectivity index (χ0) is 29.9. The van der Waals surface area contributed by atoms with Gasteiger partial charge >= 0.3 is 6.18 Å². The van der Waals surface area contributed by atoms with Gasteiger partial charge in [-0.2, -0.15) is 23.5 Å². The molecule has 2 heterocycles. The number of hydrogen-bond acceptors (Lipinski definition) is 5. The van der Waals surface area contributed by atoms with E-state index < -0.39 is 64.8 Å². The summed E-state index contributed by atoms with van der Waals surface area (Å²) in [5.74, 6) is -4.57. The first-order chi connectivity index (χ1) is 19.3. The number of benzene rings is 2. The quantitative estimate of drug-likeness (QED) is 0.302. The molecule has 0 fully saturated rings. The lowest BCUT2D eigenvalue weighted by atomic mass is 9.94. The molecule has 0 aliphatic heterocycles. The van der Waals surface area contributed by atoms with Crippen molar-refractivity contribution in [2.24, 2.45) is 5.73 Å². The molecule has 3 N–H and O–H groups in total.